The number of nitrogens with zero attached hydrogens (tertiary/aromatic N) is 1. The standard InChI is InChI=1S/C12H14N2O3/c1-8-13-11-4-3-10(5-9(11)6-17-8)14-12(15)7-16-2/h3-5H,6-7H2,1-2H3,(H,14,15). The number of ether oxygens (including phenoxy) is 2. The molecule has 0 radical (unpaired) electrons. The zero-order chi connectivity index (χ0) is 12.3. The summed E-state index contributed by atoms with van der Waals surface area (Å²) in [7, 11) is 1.48. The van der Waals surface area contributed by atoms with Gasteiger partial charge in [-0.3, -0.25) is 4.79 Å². The zero-order valence-electron chi connectivity index (χ0n) is 9.82. The number of methoxy groups -OCH3 is 1. The molecule has 17 heavy (non-hydrogen) atoms. The van der Waals surface area contributed by atoms with Crippen LogP contribution in [0.2, 0.25) is 0 Å². The molecule has 0 unspecified atom stereocenters. The molecule has 0 aliphatic carbocycles. The molecule has 1 aliphatic rings. The van der Waals surface area contributed by atoms with Crippen LogP contribution < -0.4 is 5.32 Å². The lowest BCUT2D eigenvalue weighted by Gasteiger charge is -2.15. The van der Waals surface area contributed by atoms with Crippen LogP contribution in [0.3, 0.4) is 0 Å². The van der Waals surface area contributed by atoms with E-state index in [0.717, 1.165) is 16.9 Å². The first-order valence-electron chi connectivity index (χ1n) is 5.29. The van der Waals surface area contributed by atoms with Gasteiger partial charge >= 0.3 is 0 Å². The van der Waals surface area contributed by atoms with Gasteiger partial charge in [0.2, 0.25) is 5.91 Å². The lowest BCUT2D eigenvalue weighted by atomic mass is 10.1. The lowest BCUT2D eigenvalue weighted by Crippen LogP contribution is -2.17. The molecule has 0 bridgehead atoms. The molecular weight excluding hydrogens is 220 g/mol. The van der Waals surface area contributed by atoms with Crippen LogP contribution in [0.5, 0.6) is 0 Å². The maximum absolute atomic E-state index is 11.3. The Kier molecular flexibility index (Phi) is 3.39. The third-order valence-corrected chi connectivity index (χ3v) is 2.35. The molecular formula is C12H14N2O3. The van der Waals surface area contributed by atoms with Crippen LogP contribution in [0.25, 0.3) is 0 Å². The number of hydrogen-bond acceptors (Lipinski definition) is 4. The SMILES string of the molecule is COCC(=O)Nc1ccc2c(c1)COC(C)=N2. The second-order valence-corrected chi connectivity index (χ2v) is 3.74. The quantitative estimate of drug-likeness (QED) is 0.868. The molecule has 2 rings (SSSR count). The second-order valence-electron chi connectivity index (χ2n) is 3.74. The molecule has 1 aliphatic heterocycles. The van der Waals surface area contributed by atoms with E-state index >= 15 is 0 Å². The summed E-state index contributed by atoms with van der Waals surface area (Å²) in [4.78, 5) is 15.6. The monoisotopic (exact) mass is 234 g/mol. The minimum atomic E-state index is -0.177. The highest BCUT2D eigenvalue weighted by atomic mass is 16.5. The average molecular weight is 234 g/mol. The van der Waals surface area contributed by atoms with Crippen molar-refractivity contribution in [2.24, 2.45) is 4.99 Å². The van der Waals surface area contributed by atoms with E-state index in [9.17, 15) is 4.79 Å². The van der Waals surface area contributed by atoms with Crippen LogP contribution >= 0.6 is 0 Å². The molecule has 1 aromatic carbocycles. The number of nitrogens with one attached hydrogen (secondary N) is 1. The van der Waals surface area contributed by atoms with E-state index in [1.165, 1.54) is 7.11 Å². The highest BCUT2D eigenvalue weighted by molar-refractivity contribution is 5.92. The molecule has 0 atom stereocenters. The number of rotatable bonds is 3. The summed E-state index contributed by atoms with van der Waals surface area (Å²) in [6, 6.07) is 5.54. The minimum absolute atomic E-state index is 0.0465. The van der Waals surface area contributed by atoms with Crippen molar-refractivity contribution >= 4 is 23.2 Å². The molecule has 0 spiro atoms. The van der Waals surface area contributed by atoms with Crippen LogP contribution in [0.4, 0.5) is 11.4 Å². The van der Waals surface area contributed by atoms with Crippen molar-refractivity contribution in [1.29, 1.82) is 0 Å². The summed E-state index contributed by atoms with van der Waals surface area (Å²) in [5, 5.41) is 2.74. The van der Waals surface area contributed by atoms with Crippen molar-refractivity contribution in [2.45, 2.75) is 13.5 Å². The maximum atomic E-state index is 11.3. The van der Waals surface area contributed by atoms with E-state index in [0.29, 0.717) is 12.5 Å². The molecule has 5 heteroatoms. The first-order chi connectivity index (χ1) is 8.19. The summed E-state index contributed by atoms with van der Waals surface area (Å²) in [5.41, 5.74) is 2.58. The number of carbonyl (C=O) groups excluding carboxylic acids is 1. The Morgan fingerprint density at radius 1 is 1.59 bits per heavy atom. The number of anilines is 1. The Labute approximate surface area is 99.4 Å². The molecule has 1 N–H and O–H groups in total. The van der Waals surface area contributed by atoms with Gasteiger partial charge in [-0.05, 0) is 18.2 Å². The highest BCUT2D eigenvalue weighted by Gasteiger charge is 2.11. The topological polar surface area (TPSA) is 59.9 Å². The molecule has 0 aromatic heterocycles. The molecule has 0 saturated heterocycles. The smallest absolute Gasteiger partial charge is 0.250 e. The lowest BCUT2D eigenvalue weighted by molar-refractivity contribution is -0.119. The number of aliphatic imine (C=N–C) groups is 1. The van der Waals surface area contributed by atoms with Crippen LogP contribution in [0, 0.1) is 0 Å². The van der Waals surface area contributed by atoms with Crippen molar-refractivity contribution < 1.29 is 14.3 Å². The Morgan fingerprint density at radius 2 is 2.41 bits per heavy atom. The summed E-state index contributed by atoms with van der Waals surface area (Å²) in [6.45, 7) is 2.35. The van der Waals surface area contributed by atoms with E-state index < -0.39 is 0 Å². The third-order valence-electron chi connectivity index (χ3n) is 2.35. The van der Waals surface area contributed by atoms with E-state index in [4.69, 9.17) is 9.47 Å². The normalized spacial score (nSPS) is 13.4. The molecule has 1 amide bonds. The van der Waals surface area contributed by atoms with Crippen LogP contribution in [-0.4, -0.2) is 25.5 Å². The molecule has 5 nitrogen and oxygen atoms in total. The summed E-state index contributed by atoms with van der Waals surface area (Å²) < 4.78 is 10.1. The fraction of sp³-hybridized carbons (Fsp3) is 0.333. The van der Waals surface area contributed by atoms with Gasteiger partial charge in [-0.2, -0.15) is 0 Å². The fourth-order valence-electron chi connectivity index (χ4n) is 1.60. The number of amides is 1. The van der Waals surface area contributed by atoms with Gasteiger partial charge in [-0.25, -0.2) is 4.99 Å². The zero-order valence-corrected chi connectivity index (χ0v) is 9.82. The second kappa shape index (κ2) is 4.97. The van der Waals surface area contributed by atoms with Gasteiger partial charge in [0.1, 0.15) is 13.2 Å². The van der Waals surface area contributed by atoms with Gasteiger partial charge in [0.05, 0.1) is 5.69 Å². The van der Waals surface area contributed by atoms with Crippen molar-refractivity contribution in [2.75, 3.05) is 19.0 Å². The van der Waals surface area contributed by atoms with E-state index in [-0.39, 0.29) is 12.5 Å². The highest BCUT2D eigenvalue weighted by Crippen LogP contribution is 2.27. The minimum Gasteiger partial charge on any atom is -0.476 e. The van der Waals surface area contributed by atoms with Gasteiger partial charge < -0.3 is 14.8 Å². The van der Waals surface area contributed by atoms with E-state index in [1.54, 1.807) is 0 Å². The van der Waals surface area contributed by atoms with Gasteiger partial charge in [-0.1, -0.05) is 0 Å². The van der Waals surface area contributed by atoms with E-state index in [2.05, 4.69) is 10.3 Å². The molecule has 1 aromatic rings. The first kappa shape index (κ1) is 11.6. The average Bonchev–Trinajstić information content (AvgIpc) is 2.29. The van der Waals surface area contributed by atoms with Crippen molar-refractivity contribution in [3.05, 3.63) is 23.8 Å². The number of carbonyl (C=O) groups is 1. The molecule has 90 valence electrons. The Hall–Kier alpha value is -1.88. The first-order valence-corrected chi connectivity index (χ1v) is 5.29. The van der Waals surface area contributed by atoms with Crippen LogP contribution in [-0.2, 0) is 20.9 Å². The van der Waals surface area contributed by atoms with Crippen molar-refractivity contribution in [1.82, 2.24) is 0 Å². The van der Waals surface area contributed by atoms with Crippen LogP contribution in [0.15, 0.2) is 23.2 Å². The predicted octanol–water partition coefficient (Wildman–Crippen LogP) is 1.85. The fourth-order valence-corrected chi connectivity index (χ4v) is 1.60. The van der Waals surface area contributed by atoms with Gasteiger partial charge in [0, 0.05) is 25.3 Å². The Bertz CT molecular complexity index is 469. The van der Waals surface area contributed by atoms with Crippen LogP contribution in [0.1, 0.15) is 12.5 Å². The maximum Gasteiger partial charge on any atom is 0.250 e. The molecule has 1 heterocycles. The summed E-state index contributed by atoms with van der Waals surface area (Å²) in [6.07, 6.45) is 0. The Balaban J connectivity index is 2.14. The number of fused-ring (bicyclic) bond motifs is 1. The van der Waals surface area contributed by atoms with Gasteiger partial charge in [-0.15, -0.1) is 0 Å². The molecule has 0 fully saturated rings. The number of benzene rings is 1. The predicted molar refractivity (Wildman–Crippen MR) is 64.5 cm³/mol. The largest absolute Gasteiger partial charge is 0.476 e. The number of hydrogen-bond donors (Lipinski definition) is 1. The van der Waals surface area contributed by atoms with Crippen molar-refractivity contribution in [3.63, 3.8) is 0 Å². The van der Waals surface area contributed by atoms with E-state index in [1.807, 2.05) is 25.1 Å². The summed E-state index contributed by atoms with van der Waals surface area (Å²) in [5.74, 6) is 0.484. The van der Waals surface area contributed by atoms with Gasteiger partial charge in [0.25, 0.3) is 0 Å². The third kappa shape index (κ3) is 2.82. The molecule has 0 saturated carbocycles. The Morgan fingerprint density at radius 3 is 3.18 bits per heavy atom. The van der Waals surface area contributed by atoms with Crippen molar-refractivity contribution in [3.8, 4) is 0 Å². The summed E-state index contributed by atoms with van der Waals surface area (Å²) >= 11 is 0. The van der Waals surface area contributed by atoms with Gasteiger partial charge in [0.15, 0.2) is 5.90 Å².